The van der Waals surface area contributed by atoms with Crippen LogP contribution in [0, 0.1) is 11.9 Å². The fourth-order valence-corrected chi connectivity index (χ4v) is 3.81. The van der Waals surface area contributed by atoms with Crippen LogP contribution in [0.1, 0.15) is 26.7 Å². The SMILES string of the molecule is CC1(C)CC(CN(C(=O)O)c2ccc(Cl)c(-c3cc(F)ncc3Cl)n2)CCO1. The highest BCUT2D eigenvalue weighted by Crippen LogP contribution is 2.34. The number of ether oxygens (including phenoxy) is 1. The van der Waals surface area contributed by atoms with Gasteiger partial charge in [0.2, 0.25) is 5.95 Å². The van der Waals surface area contributed by atoms with Gasteiger partial charge in [-0.05, 0) is 44.7 Å². The van der Waals surface area contributed by atoms with Gasteiger partial charge in [0.1, 0.15) is 5.82 Å². The summed E-state index contributed by atoms with van der Waals surface area (Å²) in [6.45, 7) is 4.83. The van der Waals surface area contributed by atoms with E-state index < -0.39 is 12.0 Å². The van der Waals surface area contributed by atoms with Gasteiger partial charge in [-0.3, -0.25) is 4.90 Å². The van der Waals surface area contributed by atoms with Gasteiger partial charge in [0.05, 0.1) is 21.3 Å². The van der Waals surface area contributed by atoms with Crippen LogP contribution in [0.4, 0.5) is 15.0 Å². The summed E-state index contributed by atoms with van der Waals surface area (Å²) in [6, 6.07) is 4.17. The predicted octanol–water partition coefficient (Wildman–Crippen LogP) is 5.28. The minimum atomic E-state index is -1.13. The number of halogens is 3. The van der Waals surface area contributed by atoms with Crippen LogP contribution in [0.25, 0.3) is 11.3 Å². The third kappa shape index (κ3) is 4.71. The summed E-state index contributed by atoms with van der Waals surface area (Å²) in [5.41, 5.74) is 0.149. The van der Waals surface area contributed by atoms with Gasteiger partial charge in [-0.25, -0.2) is 14.8 Å². The average Bonchev–Trinajstić information content (AvgIpc) is 2.61. The molecule has 28 heavy (non-hydrogen) atoms. The van der Waals surface area contributed by atoms with Crippen LogP contribution in [0.2, 0.25) is 10.0 Å². The van der Waals surface area contributed by atoms with Gasteiger partial charge < -0.3 is 9.84 Å². The molecule has 1 N–H and O–H groups in total. The zero-order chi connectivity index (χ0) is 20.5. The first-order chi connectivity index (χ1) is 13.2. The fourth-order valence-electron chi connectivity index (χ4n) is 3.41. The van der Waals surface area contributed by atoms with Gasteiger partial charge in [0.15, 0.2) is 0 Å². The van der Waals surface area contributed by atoms with Gasteiger partial charge in [-0.1, -0.05) is 23.2 Å². The first kappa shape index (κ1) is 20.8. The van der Waals surface area contributed by atoms with E-state index in [1.165, 1.54) is 17.0 Å². The molecule has 1 aliphatic heterocycles. The third-order valence-corrected chi connectivity index (χ3v) is 5.26. The number of hydrogen-bond acceptors (Lipinski definition) is 4. The second-order valence-electron chi connectivity index (χ2n) is 7.35. The zero-order valence-corrected chi connectivity index (χ0v) is 17.0. The molecule has 0 saturated carbocycles. The van der Waals surface area contributed by atoms with Crippen molar-refractivity contribution < 1.29 is 19.0 Å². The molecule has 1 amide bonds. The number of pyridine rings is 2. The third-order valence-electron chi connectivity index (χ3n) is 4.66. The summed E-state index contributed by atoms with van der Waals surface area (Å²) < 4.78 is 19.3. The lowest BCUT2D eigenvalue weighted by Gasteiger charge is -2.37. The van der Waals surface area contributed by atoms with Gasteiger partial charge in [0.25, 0.3) is 0 Å². The molecule has 3 heterocycles. The van der Waals surface area contributed by atoms with E-state index in [0.29, 0.717) is 6.61 Å². The van der Waals surface area contributed by atoms with Crippen molar-refractivity contribution in [1.82, 2.24) is 9.97 Å². The molecule has 6 nitrogen and oxygen atoms in total. The molecule has 1 unspecified atom stereocenters. The molecule has 0 radical (unpaired) electrons. The standard InChI is InChI=1S/C19H20Cl2FN3O3/c1-19(2)8-11(5-6-28-19)10-25(18(26)27)16-4-3-13(20)17(24-16)12-7-15(22)23-9-14(12)21/h3-4,7,9,11H,5-6,8,10H2,1-2H3,(H,26,27). The van der Waals surface area contributed by atoms with Crippen molar-refractivity contribution in [3.63, 3.8) is 0 Å². The lowest BCUT2D eigenvalue weighted by Crippen LogP contribution is -2.41. The number of nitrogens with zero attached hydrogens (tertiary/aromatic N) is 3. The zero-order valence-electron chi connectivity index (χ0n) is 15.5. The molecular weight excluding hydrogens is 408 g/mol. The molecular formula is C19H20Cl2FN3O3. The maximum Gasteiger partial charge on any atom is 0.413 e. The first-order valence-electron chi connectivity index (χ1n) is 8.78. The quantitative estimate of drug-likeness (QED) is 0.671. The minimum Gasteiger partial charge on any atom is -0.465 e. The number of carboxylic acid groups (broad SMARTS) is 1. The Kier molecular flexibility index (Phi) is 6.07. The Bertz CT molecular complexity index is 895. The number of anilines is 1. The highest BCUT2D eigenvalue weighted by molar-refractivity contribution is 6.36. The number of rotatable bonds is 4. The normalized spacial score (nSPS) is 18.7. The summed E-state index contributed by atoms with van der Waals surface area (Å²) in [5.74, 6) is -0.408. The van der Waals surface area contributed by atoms with Gasteiger partial charge >= 0.3 is 6.09 Å². The second kappa shape index (κ2) is 8.19. The smallest absolute Gasteiger partial charge is 0.413 e. The van der Waals surface area contributed by atoms with Crippen LogP contribution in [-0.4, -0.2) is 39.9 Å². The monoisotopic (exact) mass is 427 g/mol. The topological polar surface area (TPSA) is 75.6 Å². The highest BCUT2D eigenvalue weighted by Gasteiger charge is 2.32. The van der Waals surface area contributed by atoms with Crippen LogP contribution >= 0.6 is 23.2 Å². The Hall–Kier alpha value is -1.96. The van der Waals surface area contributed by atoms with Gasteiger partial charge in [0, 0.05) is 31.0 Å². The van der Waals surface area contributed by atoms with E-state index >= 15 is 0 Å². The van der Waals surface area contributed by atoms with E-state index in [4.69, 9.17) is 27.9 Å². The van der Waals surface area contributed by atoms with Crippen molar-refractivity contribution in [3.8, 4) is 11.3 Å². The molecule has 0 aliphatic carbocycles. The van der Waals surface area contributed by atoms with Crippen molar-refractivity contribution in [2.24, 2.45) is 5.92 Å². The Morgan fingerprint density at radius 1 is 1.39 bits per heavy atom. The Morgan fingerprint density at radius 2 is 2.14 bits per heavy atom. The predicted molar refractivity (Wildman–Crippen MR) is 106 cm³/mol. The summed E-state index contributed by atoms with van der Waals surface area (Å²) in [6.07, 6.45) is 1.53. The Labute approximate surface area is 172 Å². The maximum atomic E-state index is 13.6. The fraction of sp³-hybridized carbons (Fsp3) is 0.421. The summed E-state index contributed by atoms with van der Waals surface area (Å²) in [5, 5.41) is 10.1. The molecule has 2 aromatic heterocycles. The Morgan fingerprint density at radius 3 is 2.82 bits per heavy atom. The van der Waals surface area contributed by atoms with Crippen LogP contribution in [0.3, 0.4) is 0 Å². The summed E-state index contributed by atoms with van der Waals surface area (Å²) in [4.78, 5) is 20.9. The molecule has 9 heteroatoms. The van der Waals surface area contributed by atoms with Gasteiger partial charge in [-0.15, -0.1) is 0 Å². The summed E-state index contributed by atoms with van der Waals surface area (Å²) in [7, 11) is 0. The van der Waals surface area contributed by atoms with Crippen LogP contribution in [0.15, 0.2) is 24.4 Å². The molecule has 1 atom stereocenters. The molecule has 150 valence electrons. The molecule has 0 bridgehead atoms. The van der Waals surface area contributed by atoms with E-state index in [1.807, 2.05) is 13.8 Å². The lowest BCUT2D eigenvalue weighted by atomic mass is 9.88. The Balaban J connectivity index is 1.94. The van der Waals surface area contributed by atoms with E-state index in [-0.39, 0.29) is 45.2 Å². The molecule has 2 aromatic rings. The molecule has 1 fully saturated rings. The van der Waals surface area contributed by atoms with Crippen molar-refractivity contribution in [1.29, 1.82) is 0 Å². The largest absolute Gasteiger partial charge is 0.465 e. The van der Waals surface area contributed by atoms with Crippen LogP contribution < -0.4 is 4.90 Å². The van der Waals surface area contributed by atoms with Crippen molar-refractivity contribution in [3.05, 3.63) is 40.4 Å². The number of hydrogen-bond donors (Lipinski definition) is 1. The molecule has 0 aromatic carbocycles. The molecule has 3 rings (SSSR count). The van der Waals surface area contributed by atoms with Crippen molar-refractivity contribution >= 4 is 35.1 Å². The lowest BCUT2D eigenvalue weighted by molar-refractivity contribution is -0.0707. The molecule has 0 spiro atoms. The number of carbonyl (C=O) groups is 1. The van der Waals surface area contributed by atoms with E-state index in [0.717, 1.165) is 25.1 Å². The number of amides is 1. The van der Waals surface area contributed by atoms with Crippen LogP contribution in [0.5, 0.6) is 0 Å². The van der Waals surface area contributed by atoms with Crippen LogP contribution in [-0.2, 0) is 4.74 Å². The highest BCUT2D eigenvalue weighted by atomic mass is 35.5. The van der Waals surface area contributed by atoms with E-state index in [2.05, 4.69) is 9.97 Å². The molecule has 1 saturated heterocycles. The molecule has 1 aliphatic rings. The van der Waals surface area contributed by atoms with Gasteiger partial charge in [-0.2, -0.15) is 4.39 Å². The van der Waals surface area contributed by atoms with Crippen molar-refractivity contribution in [2.45, 2.75) is 32.3 Å². The maximum absolute atomic E-state index is 13.6. The van der Waals surface area contributed by atoms with E-state index in [9.17, 15) is 14.3 Å². The van der Waals surface area contributed by atoms with E-state index in [1.54, 1.807) is 0 Å². The van der Waals surface area contributed by atoms with Crippen molar-refractivity contribution in [2.75, 3.05) is 18.1 Å². The number of aromatic nitrogens is 2. The average molecular weight is 428 g/mol. The summed E-state index contributed by atoms with van der Waals surface area (Å²) >= 11 is 12.3. The first-order valence-corrected chi connectivity index (χ1v) is 9.54. The second-order valence-corrected chi connectivity index (χ2v) is 8.16. The minimum absolute atomic E-state index is 0.128.